The van der Waals surface area contributed by atoms with E-state index < -0.39 is 0 Å². The van der Waals surface area contributed by atoms with Gasteiger partial charge in [-0.1, -0.05) is 30.0 Å². The molecule has 0 fully saturated rings. The van der Waals surface area contributed by atoms with Crippen LogP contribution in [0.4, 0.5) is 5.13 Å². The van der Waals surface area contributed by atoms with E-state index in [1.807, 2.05) is 42.0 Å². The zero-order chi connectivity index (χ0) is 17.6. The molecule has 1 aromatic carbocycles. The van der Waals surface area contributed by atoms with Crippen molar-refractivity contribution >= 4 is 34.1 Å². The van der Waals surface area contributed by atoms with Crippen LogP contribution in [0, 0.1) is 0 Å². The van der Waals surface area contributed by atoms with E-state index in [0.29, 0.717) is 5.13 Å². The number of aromatic nitrogens is 4. The Bertz CT molecular complexity index is 844. The Balaban J connectivity index is 1.61. The largest absolute Gasteiger partial charge is 0.497 e. The molecule has 7 nitrogen and oxygen atoms in total. The highest BCUT2D eigenvalue weighted by atomic mass is 32.2. The summed E-state index contributed by atoms with van der Waals surface area (Å²) in [6, 6.07) is 7.66. The van der Waals surface area contributed by atoms with Gasteiger partial charge >= 0.3 is 0 Å². The van der Waals surface area contributed by atoms with Gasteiger partial charge in [-0.05, 0) is 30.7 Å². The Morgan fingerprint density at radius 1 is 1.32 bits per heavy atom. The number of amides is 1. The maximum absolute atomic E-state index is 12.1. The SMILES string of the molecule is CCc1nnc(NC(=O)CSc2nccn2-c2ccc(OC)cc2)s1. The van der Waals surface area contributed by atoms with Crippen LogP contribution in [-0.4, -0.2) is 38.5 Å². The number of rotatable bonds is 7. The summed E-state index contributed by atoms with van der Waals surface area (Å²) in [5.41, 5.74) is 0.956. The fourth-order valence-electron chi connectivity index (χ4n) is 2.07. The van der Waals surface area contributed by atoms with Crippen molar-refractivity contribution in [3.05, 3.63) is 41.7 Å². The number of aryl methyl sites for hydroxylation is 1. The Labute approximate surface area is 153 Å². The molecule has 0 radical (unpaired) electrons. The highest BCUT2D eigenvalue weighted by molar-refractivity contribution is 7.99. The van der Waals surface area contributed by atoms with Gasteiger partial charge in [0, 0.05) is 18.1 Å². The van der Waals surface area contributed by atoms with Crippen molar-refractivity contribution in [2.24, 2.45) is 0 Å². The van der Waals surface area contributed by atoms with Crippen LogP contribution >= 0.6 is 23.1 Å². The second-order valence-corrected chi connectivity index (χ2v) is 6.97. The summed E-state index contributed by atoms with van der Waals surface area (Å²) in [7, 11) is 1.63. The number of benzene rings is 1. The predicted octanol–water partition coefficient (Wildman–Crippen LogP) is 3.03. The van der Waals surface area contributed by atoms with Crippen LogP contribution in [-0.2, 0) is 11.2 Å². The number of carbonyl (C=O) groups excluding carboxylic acids is 1. The summed E-state index contributed by atoms with van der Waals surface area (Å²) in [5.74, 6) is 0.905. The monoisotopic (exact) mass is 375 g/mol. The quantitative estimate of drug-likeness (QED) is 0.639. The lowest BCUT2D eigenvalue weighted by molar-refractivity contribution is -0.113. The summed E-state index contributed by atoms with van der Waals surface area (Å²) in [4.78, 5) is 16.4. The van der Waals surface area contributed by atoms with Gasteiger partial charge in [0.15, 0.2) is 5.16 Å². The molecule has 0 saturated carbocycles. The molecule has 0 aliphatic heterocycles. The topological polar surface area (TPSA) is 81.9 Å². The normalized spacial score (nSPS) is 10.6. The van der Waals surface area contributed by atoms with E-state index in [0.717, 1.165) is 28.0 Å². The second kappa shape index (κ2) is 8.13. The van der Waals surface area contributed by atoms with Crippen LogP contribution in [0.1, 0.15) is 11.9 Å². The molecule has 1 amide bonds. The first-order chi connectivity index (χ1) is 12.2. The number of nitrogens with zero attached hydrogens (tertiary/aromatic N) is 4. The maximum atomic E-state index is 12.1. The Morgan fingerprint density at radius 3 is 2.80 bits per heavy atom. The molecule has 1 N–H and O–H groups in total. The average Bonchev–Trinajstić information content (AvgIpc) is 3.29. The number of methoxy groups -OCH3 is 1. The molecule has 0 unspecified atom stereocenters. The van der Waals surface area contributed by atoms with Crippen molar-refractivity contribution < 1.29 is 9.53 Å². The third-order valence-corrected chi connectivity index (χ3v) is 5.26. The molecule has 3 rings (SSSR count). The van der Waals surface area contributed by atoms with Crippen LogP contribution < -0.4 is 10.1 Å². The summed E-state index contributed by atoms with van der Waals surface area (Å²) in [6.45, 7) is 2.00. The van der Waals surface area contributed by atoms with E-state index in [4.69, 9.17) is 4.74 Å². The molecule has 0 saturated heterocycles. The van der Waals surface area contributed by atoms with Crippen LogP contribution in [0.3, 0.4) is 0 Å². The van der Waals surface area contributed by atoms with Crippen molar-refractivity contribution in [3.8, 4) is 11.4 Å². The number of hydrogen-bond donors (Lipinski definition) is 1. The summed E-state index contributed by atoms with van der Waals surface area (Å²) >= 11 is 2.76. The van der Waals surface area contributed by atoms with Crippen LogP contribution in [0.5, 0.6) is 5.75 Å². The molecule has 25 heavy (non-hydrogen) atoms. The first kappa shape index (κ1) is 17.4. The summed E-state index contributed by atoms with van der Waals surface area (Å²) in [5, 5.41) is 12.9. The molecule has 3 aromatic rings. The van der Waals surface area contributed by atoms with Gasteiger partial charge in [0.1, 0.15) is 10.8 Å². The number of imidazole rings is 1. The van der Waals surface area contributed by atoms with Gasteiger partial charge < -0.3 is 4.74 Å². The smallest absolute Gasteiger partial charge is 0.236 e. The van der Waals surface area contributed by atoms with Gasteiger partial charge in [0.25, 0.3) is 0 Å². The molecule has 2 aromatic heterocycles. The summed E-state index contributed by atoms with van der Waals surface area (Å²) < 4.78 is 7.10. The lowest BCUT2D eigenvalue weighted by atomic mass is 10.3. The lowest BCUT2D eigenvalue weighted by Gasteiger charge is -2.08. The Morgan fingerprint density at radius 2 is 2.12 bits per heavy atom. The molecular formula is C16H17N5O2S2. The van der Waals surface area contributed by atoms with Crippen LogP contribution in [0.25, 0.3) is 5.69 Å². The van der Waals surface area contributed by atoms with Crippen molar-refractivity contribution in [2.45, 2.75) is 18.5 Å². The molecule has 9 heteroatoms. The van der Waals surface area contributed by atoms with Crippen molar-refractivity contribution in [3.63, 3.8) is 0 Å². The van der Waals surface area contributed by atoms with Crippen molar-refractivity contribution in [2.75, 3.05) is 18.2 Å². The minimum Gasteiger partial charge on any atom is -0.497 e. The van der Waals surface area contributed by atoms with E-state index in [1.54, 1.807) is 13.3 Å². The van der Waals surface area contributed by atoms with Crippen molar-refractivity contribution in [1.82, 2.24) is 19.7 Å². The molecule has 0 aliphatic carbocycles. The molecule has 2 heterocycles. The Kier molecular flexibility index (Phi) is 5.67. The van der Waals surface area contributed by atoms with Gasteiger partial charge in [-0.2, -0.15) is 0 Å². The number of nitrogens with one attached hydrogen (secondary N) is 1. The molecule has 0 atom stereocenters. The van der Waals surface area contributed by atoms with Crippen LogP contribution in [0.15, 0.2) is 41.8 Å². The second-order valence-electron chi connectivity index (χ2n) is 4.97. The van der Waals surface area contributed by atoms with E-state index in [9.17, 15) is 4.79 Å². The lowest BCUT2D eigenvalue weighted by Crippen LogP contribution is -2.14. The molecule has 0 aliphatic rings. The minimum absolute atomic E-state index is 0.131. The number of ether oxygens (including phenoxy) is 1. The number of thioether (sulfide) groups is 1. The highest BCUT2D eigenvalue weighted by Gasteiger charge is 2.11. The van der Waals surface area contributed by atoms with E-state index in [-0.39, 0.29) is 11.7 Å². The number of hydrogen-bond acceptors (Lipinski definition) is 7. The van der Waals surface area contributed by atoms with E-state index >= 15 is 0 Å². The first-order valence-electron chi connectivity index (χ1n) is 7.62. The van der Waals surface area contributed by atoms with Gasteiger partial charge in [-0.3, -0.25) is 14.7 Å². The molecule has 130 valence electrons. The maximum Gasteiger partial charge on any atom is 0.236 e. The third-order valence-electron chi connectivity index (χ3n) is 3.31. The average molecular weight is 375 g/mol. The zero-order valence-electron chi connectivity index (χ0n) is 13.8. The van der Waals surface area contributed by atoms with Gasteiger partial charge in [0.2, 0.25) is 11.0 Å². The number of carbonyl (C=O) groups is 1. The zero-order valence-corrected chi connectivity index (χ0v) is 15.4. The van der Waals surface area contributed by atoms with Gasteiger partial charge in [0.05, 0.1) is 12.9 Å². The molecular weight excluding hydrogens is 358 g/mol. The molecule has 0 spiro atoms. The van der Waals surface area contributed by atoms with Crippen molar-refractivity contribution in [1.29, 1.82) is 0 Å². The minimum atomic E-state index is -0.131. The Hall–Kier alpha value is -2.39. The van der Waals surface area contributed by atoms with E-state index in [2.05, 4.69) is 20.5 Å². The van der Waals surface area contributed by atoms with E-state index in [1.165, 1.54) is 23.1 Å². The summed E-state index contributed by atoms with van der Waals surface area (Å²) in [6.07, 6.45) is 4.38. The standard InChI is InChI=1S/C16H17N5O2S2/c1-3-14-19-20-15(25-14)18-13(22)10-24-16-17-8-9-21(16)11-4-6-12(23-2)7-5-11/h4-9H,3,10H2,1-2H3,(H,18,20,22). The predicted molar refractivity (Wildman–Crippen MR) is 98.8 cm³/mol. The van der Waals surface area contributed by atoms with Crippen LogP contribution in [0.2, 0.25) is 0 Å². The van der Waals surface area contributed by atoms with Gasteiger partial charge in [-0.25, -0.2) is 4.98 Å². The fourth-order valence-corrected chi connectivity index (χ4v) is 3.54. The third kappa shape index (κ3) is 4.37. The fraction of sp³-hybridized carbons (Fsp3) is 0.250. The van der Waals surface area contributed by atoms with Gasteiger partial charge in [-0.15, -0.1) is 10.2 Å². The first-order valence-corrected chi connectivity index (χ1v) is 9.42. The molecule has 0 bridgehead atoms. The highest BCUT2D eigenvalue weighted by Crippen LogP contribution is 2.23. The number of anilines is 1.